The van der Waals surface area contributed by atoms with E-state index in [0.29, 0.717) is 0 Å². The van der Waals surface area contributed by atoms with Gasteiger partial charge in [0.05, 0.1) is 5.54 Å². The van der Waals surface area contributed by atoms with Crippen LogP contribution in [0.3, 0.4) is 0 Å². The molecule has 1 N–H and O–H groups in total. The Balaban J connectivity index is 2.47. The molecule has 0 heterocycles. The Hall–Kier alpha value is -1.67. The first kappa shape index (κ1) is 11.8. The average molecular weight is 227 g/mol. The Morgan fingerprint density at radius 3 is 2.35 bits per heavy atom. The van der Waals surface area contributed by atoms with Gasteiger partial charge in [0.25, 0.3) is 0 Å². The van der Waals surface area contributed by atoms with E-state index in [1.165, 1.54) is 0 Å². The quantitative estimate of drug-likeness (QED) is 0.817. The molecule has 0 saturated heterocycles. The Morgan fingerprint density at radius 1 is 1.06 bits per heavy atom. The molecular weight excluding hydrogens is 210 g/mol. The number of benzene rings is 2. The van der Waals surface area contributed by atoms with Gasteiger partial charge in [0.15, 0.2) is 5.78 Å². The van der Waals surface area contributed by atoms with Crippen molar-refractivity contribution in [2.24, 2.45) is 0 Å². The Morgan fingerprint density at radius 2 is 1.71 bits per heavy atom. The van der Waals surface area contributed by atoms with Crippen LogP contribution in [-0.2, 0) is 0 Å². The van der Waals surface area contributed by atoms with Crippen LogP contribution in [0, 0.1) is 0 Å². The normalized spacial score (nSPS) is 11.7. The van der Waals surface area contributed by atoms with Crippen LogP contribution >= 0.6 is 0 Å². The molecule has 2 rings (SSSR count). The second-order valence-corrected chi connectivity index (χ2v) is 4.77. The zero-order chi connectivity index (χ0) is 12.5. The van der Waals surface area contributed by atoms with Gasteiger partial charge in [-0.3, -0.25) is 4.79 Å². The average Bonchev–Trinajstić information content (AvgIpc) is 2.37. The molecule has 2 nitrogen and oxygen atoms in total. The van der Waals surface area contributed by atoms with Crippen LogP contribution in [0.2, 0.25) is 0 Å². The van der Waals surface area contributed by atoms with E-state index in [9.17, 15) is 4.79 Å². The third-order valence-corrected chi connectivity index (χ3v) is 3.20. The predicted octanol–water partition coefficient (Wildman–Crippen LogP) is 3.02. The maximum absolute atomic E-state index is 12.3. The molecule has 2 aromatic rings. The lowest BCUT2D eigenvalue weighted by Gasteiger charge is -2.22. The fourth-order valence-corrected chi connectivity index (χ4v) is 1.80. The number of nitrogens with one attached hydrogen (secondary N) is 1. The summed E-state index contributed by atoms with van der Waals surface area (Å²) < 4.78 is 0. The largest absolute Gasteiger partial charge is 0.308 e. The lowest BCUT2D eigenvalue weighted by atomic mass is 9.92. The fourth-order valence-electron chi connectivity index (χ4n) is 1.80. The van der Waals surface area contributed by atoms with Crippen molar-refractivity contribution in [2.75, 3.05) is 7.05 Å². The van der Waals surface area contributed by atoms with Gasteiger partial charge in [-0.2, -0.15) is 0 Å². The van der Waals surface area contributed by atoms with E-state index in [1.54, 1.807) is 7.05 Å². The maximum Gasteiger partial charge on any atom is 0.182 e. The molecule has 0 atom stereocenters. The summed E-state index contributed by atoms with van der Waals surface area (Å²) in [5.74, 6) is 0.116. The third-order valence-electron chi connectivity index (χ3n) is 3.20. The molecule has 0 aliphatic heterocycles. The number of hydrogen-bond donors (Lipinski definition) is 1. The molecule has 0 unspecified atom stereocenters. The predicted molar refractivity (Wildman–Crippen MR) is 71.4 cm³/mol. The van der Waals surface area contributed by atoms with Gasteiger partial charge in [-0.1, -0.05) is 36.4 Å². The van der Waals surface area contributed by atoms with Crippen molar-refractivity contribution in [1.29, 1.82) is 0 Å². The van der Waals surface area contributed by atoms with E-state index >= 15 is 0 Å². The van der Waals surface area contributed by atoms with Crippen LogP contribution in [-0.4, -0.2) is 18.4 Å². The highest BCUT2D eigenvalue weighted by atomic mass is 16.1. The SMILES string of the molecule is CNC(C)(C)C(=O)c1ccc2ccccc2c1. The molecule has 0 spiro atoms. The van der Waals surface area contributed by atoms with E-state index in [-0.39, 0.29) is 5.78 Å². The van der Waals surface area contributed by atoms with E-state index in [2.05, 4.69) is 5.32 Å². The number of hydrogen-bond acceptors (Lipinski definition) is 2. The van der Waals surface area contributed by atoms with Gasteiger partial charge in [-0.05, 0) is 37.7 Å². The lowest BCUT2D eigenvalue weighted by molar-refractivity contribution is 0.0890. The van der Waals surface area contributed by atoms with Crippen molar-refractivity contribution in [2.45, 2.75) is 19.4 Å². The zero-order valence-corrected chi connectivity index (χ0v) is 10.4. The summed E-state index contributed by atoms with van der Waals surface area (Å²) in [5, 5.41) is 5.30. The number of likely N-dealkylation sites (N-methyl/N-ethyl adjacent to an activating group) is 1. The molecular formula is C15H17NO. The molecule has 2 aromatic carbocycles. The molecule has 0 aliphatic rings. The standard InChI is InChI=1S/C15H17NO/c1-15(2,16-3)14(17)13-9-8-11-6-4-5-7-12(11)10-13/h4-10,16H,1-3H3. The smallest absolute Gasteiger partial charge is 0.182 e. The Kier molecular flexibility index (Phi) is 2.99. The lowest BCUT2D eigenvalue weighted by Crippen LogP contribution is -2.44. The van der Waals surface area contributed by atoms with Gasteiger partial charge < -0.3 is 5.32 Å². The van der Waals surface area contributed by atoms with Gasteiger partial charge in [0, 0.05) is 5.56 Å². The molecule has 0 radical (unpaired) electrons. The van der Waals surface area contributed by atoms with Gasteiger partial charge in [-0.25, -0.2) is 0 Å². The number of carbonyl (C=O) groups excluding carboxylic acids is 1. The van der Waals surface area contributed by atoms with Crippen molar-refractivity contribution >= 4 is 16.6 Å². The summed E-state index contributed by atoms with van der Waals surface area (Å²) in [7, 11) is 1.80. The fraction of sp³-hybridized carbons (Fsp3) is 0.267. The summed E-state index contributed by atoms with van der Waals surface area (Å²) in [4.78, 5) is 12.3. The molecule has 88 valence electrons. The van der Waals surface area contributed by atoms with Crippen LogP contribution in [0.4, 0.5) is 0 Å². The van der Waals surface area contributed by atoms with Crippen molar-refractivity contribution in [3.8, 4) is 0 Å². The van der Waals surface area contributed by atoms with Crippen molar-refractivity contribution < 1.29 is 4.79 Å². The molecule has 0 fully saturated rings. The van der Waals surface area contributed by atoms with Gasteiger partial charge >= 0.3 is 0 Å². The highest BCUT2D eigenvalue weighted by Crippen LogP contribution is 2.19. The molecule has 0 amide bonds. The molecule has 0 bridgehead atoms. The van der Waals surface area contributed by atoms with E-state index in [0.717, 1.165) is 16.3 Å². The van der Waals surface area contributed by atoms with Crippen LogP contribution in [0.1, 0.15) is 24.2 Å². The van der Waals surface area contributed by atoms with Gasteiger partial charge in [0.1, 0.15) is 0 Å². The minimum absolute atomic E-state index is 0.116. The summed E-state index contributed by atoms with van der Waals surface area (Å²) in [5.41, 5.74) is 0.227. The number of Topliss-reactive ketones (excluding diaryl/α,β-unsaturated/α-hetero) is 1. The molecule has 17 heavy (non-hydrogen) atoms. The number of fused-ring (bicyclic) bond motifs is 1. The molecule has 0 saturated carbocycles. The zero-order valence-electron chi connectivity index (χ0n) is 10.4. The van der Waals surface area contributed by atoms with E-state index in [1.807, 2.05) is 56.3 Å². The molecule has 2 heteroatoms. The second-order valence-electron chi connectivity index (χ2n) is 4.77. The summed E-state index contributed by atoms with van der Waals surface area (Å²) >= 11 is 0. The van der Waals surface area contributed by atoms with Crippen LogP contribution < -0.4 is 5.32 Å². The topological polar surface area (TPSA) is 29.1 Å². The highest BCUT2D eigenvalue weighted by Gasteiger charge is 2.26. The van der Waals surface area contributed by atoms with E-state index < -0.39 is 5.54 Å². The van der Waals surface area contributed by atoms with Gasteiger partial charge in [0.2, 0.25) is 0 Å². The minimum atomic E-state index is -0.525. The number of ketones is 1. The summed E-state index contributed by atoms with van der Waals surface area (Å²) in [6.45, 7) is 3.79. The van der Waals surface area contributed by atoms with Crippen molar-refractivity contribution in [3.05, 3.63) is 48.0 Å². The third kappa shape index (κ3) is 2.22. The molecule has 0 aliphatic carbocycles. The van der Waals surface area contributed by atoms with Crippen LogP contribution in [0.5, 0.6) is 0 Å². The van der Waals surface area contributed by atoms with Crippen molar-refractivity contribution in [1.82, 2.24) is 5.32 Å². The van der Waals surface area contributed by atoms with Crippen LogP contribution in [0.15, 0.2) is 42.5 Å². The highest BCUT2D eigenvalue weighted by molar-refractivity contribution is 6.05. The number of rotatable bonds is 3. The second kappa shape index (κ2) is 4.30. The summed E-state index contributed by atoms with van der Waals surface area (Å²) in [6, 6.07) is 13.9. The maximum atomic E-state index is 12.3. The van der Waals surface area contributed by atoms with Gasteiger partial charge in [-0.15, -0.1) is 0 Å². The first-order valence-corrected chi connectivity index (χ1v) is 5.77. The first-order valence-electron chi connectivity index (χ1n) is 5.77. The minimum Gasteiger partial charge on any atom is -0.308 e. The van der Waals surface area contributed by atoms with Crippen molar-refractivity contribution in [3.63, 3.8) is 0 Å². The first-order chi connectivity index (χ1) is 8.04. The number of carbonyl (C=O) groups is 1. The Bertz CT molecular complexity index is 558. The summed E-state index contributed by atoms with van der Waals surface area (Å²) in [6.07, 6.45) is 0. The van der Waals surface area contributed by atoms with Crippen LogP contribution in [0.25, 0.3) is 10.8 Å². The monoisotopic (exact) mass is 227 g/mol. The Labute approximate surface area is 102 Å². The molecule has 0 aromatic heterocycles. The van der Waals surface area contributed by atoms with E-state index in [4.69, 9.17) is 0 Å².